The van der Waals surface area contributed by atoms with Gasteiger partial charge in [-0.1, -0.05) is 25.5 Å². The van der Waals surface area contributed by atoms with Gasteiger partial charge < -0.3 is 5.11 Å². The molecule has 0 aliphatic heterocycles. The minimum absolute atomic E-state index is 0.00155. The van der Waals surface area contributed by atoms with E-state index in [0.29, 0.717) is 0 Å². The lowest BCUT2D eigenvalue weighted by Gasteiger charge is -2.32. The van der Waals surface area contributed by atoms with Crippen molar-refractivity contribution in [2.45, 2.75) is 59.5 Å². The van der Waals surface area contributed by atoms with Crippen molar-refractivity contribution in [1.82, 2.24) is 0 Å². The van der Waals surface area contributed by atoms with Gasteiger partial charge in [-0.25, -0.2) is 0 Å². The van der Waals surface area contributed by atoms with Gasteiger partial charge in [0.15, 0.2) is 5.78 Å². The van der Waals surface area contributed by atoms with Crippen LogP contribution in [-0.2, 0) is 4.79 Å². The van der Waals surface area contributed by atoms with Gasteiger partial charge in [0, 0.05) is 6.42 Å². The fraction of sp³-hybridized carbons (Fsp3) is 0.667. The average Bonchev–Trinajstić information content (AvgIpc) is 2.14. The quantitative estimate of drug-likeness (QED) is 0.759. The Morgan fingerprint density at radius 1 is 1.53 bits per heavy atom. The Kier molecular flexibility index (Phi) is 4.70. The summed E-state index contributed by atoms with van der Waals surface area (Å²) in [4.78, 5) is 11.5. The predicted molar refractivity (Wildman–Crippen MR) is 70.8 cm³/mol. The van der Waals surface area contributed by atoms with E-state index in [1.165, 1.54) is 24.0 Å². The predicted octanol–water partition coefficient (Wildman–Crippen LogP) is 3.41. The van der Waals surface area contributed by atoms with E-state index in [4.69, 9.17) is 5.11 Å². The molecule has 0 heterocycles. The molecular weight excluding hydrogens is 212 g/mol. The molecule has 1 aliphatic carbocycles. The van der Waals surface area contributed by atoms with Crippen molar-refractivity contribution in [1.29, 1.82) is 0 Å². The highest BCUT2D eigenvalue weighted by molar-refractivity contribution is 5.90. The van der Waals surface area contributed by atoms with Crippen LogP contribution >= 0.6 is 0 Å². The van der Waals surface area contributed by atoms with Gasteiger partial charge in [-0.3, -0.25) is 4.79 Å². The van der Waals surface area contributed by atoms with Crippen LogP contribution in [0.3, 0.4) is 0 Å². The fourth-order valence-electron chi connectivity index (χ4n) is 2.55. The molecule has 0 saturated heterocycles. The van der Waals surface area contributed by atoms with Crippen LogP contribution < -0.4 is 0 Å². The van der Waals surface area contributed by atoms with Crippen molar-refractivity contribution in [3.8, 4) is 0 Å². The van der Waals surface area contributed by atoms with E-state index < -0.39 is 6.10 Å². The van der Waals surface area contributed by atoms with Crippen LogP contribution in [-0.4, -0.2) is 17.0 Å². The molecule has 17 heavy (non-hydrogen) atoms. The summed E-state index contributed by atoms with van der Waals surface area (Å²) in [5.74, 6) is 0.00155. The molecular formula is C15H24O2. The summed E-state index contributed by atoms with van der Waals surface area (Å²) < 4.78 is 0. The number of ketones is 1. The average molecular weight is 236 g/mol. The maximum atomic E-state index is 11.5. The van der Waals surface area contributed by atoms with E-state index >= 15 is 0 Å². The number of hydrogen-bond acceptors (Lipinski definition) is 2. The Hall–Kier alpha value is -0.890. The Balaban J connectivity index is 2.78. The molecule has 0 aromatic rings. The zero-order valence-corrected chi connectivity index (χ0v) is 11.4. The van der Waals surface area contributed by atoms with Crippen LogP contribution in [0.1, 0.15) is 53.4 Å². The van der Waals surface area contributed by atoms with Crippen LogP contribution in [0.2, 0.25) is 0 Å². The summed E-state index contributed by atoms with van der Waals surface area (Å²) in [5.41, 5.74) is 2.86. The van der Waals surface area contributed by atoms with Crippen LogP contribution in [0.25, 0.3) is 0 Å². The number of allylic oxidation sites excluding steroid dienone is 4. The van der Waals surface area contributed by atoms with E-state index in [1.54, 1.807) is 13.0 Å². The van der Waals surface area contributed by atoms with E-state index in [9.17, 15) is 4.79 Å². The van der Waals surface area contributed by atoms with Gasteiger partial charge >= 0.3 is 0 Å². The molecule has 0 aromatic carbocycles. The number of aliphatic hydroxyl groups excluding tert-OH is 1. The molecule has 1 atom stereocenters. The van der Waals surface area contributed by atoms with Gasteiger partial charge in [-0.2, -0.15) is 0 Å². The third kappa shape index (κ3) is 4.12. The molecule has 96 valence electrons. The first kappa shape index (κ1) is 14.2. The van der Waals surface area contributed by atoms with Gasteiger partial charge in [0.25, 0.3) is 0 Å². The largest absolute Gasteiger partial charge is 0.393 e. The van der Waals surface area contributed by atoms with Gasteiger partial charge in [0.05, 0.1) is 6.10 Å². The molecule has 2 nitrogen and oxygen atoms in total. The molecule has 1 rings (SSSR count). The summed E-state index contributed by atoms with van der Waals surface area (Å²) in [7, 11) is 0. The minimum Gasteiger partial charge on any atom is -0.393 e. The summed E-state index contributed by atoms with van der Waals surface area (Å²) in [6.45, 7) is 8.25. The van der Waals surface area contributed by atoms with Crippen LogP contribution in [0, 0.1) is 5.41 Å². The molecule has 0 amide bonds. The van der Waals surface area contributed by atoms with E-state index in [2.05, 4.69) is 20.8 Å². The third-order valence-corrected chi connectivity index (χ3v) is 3.47. The van der Waals surface area contributed by atoms with Gasteiger partial charge in [-0.05, 0) is 50.2 Å². The van der Waals surface area contributed by atoms with Gasteiger partial charge in [-0.15, -0.1) is 0 Å². The molecule has 1 unspecified atom stereocenters. The number of aliphatic hydroxyl groups is 1. The van der Waals surface area contributed by atoms with Crippen molar-refractivity contribution >= 4 is 5.78 Å². The molecule has 1 N–H and O–H groups in total. The monoisotopic (exact) mass is 236 g/mol. The first-order valence-corrected chi connectivity index (χ1v) is 6.42. The van der Waals surface area contributed by atoms with Crippen LogP contribution in [0.4, 0.5) is 0 Å². The Bertz CT molecular complexity index is 346. The normalized spacial score (nSPS) is 21.9. The summed E-state index contributed by atoms with van der Waals surface area (Å²) in [6, 6.07) is 0. The summed E-state index contributed by atoms with van der Waals surface area (Å²) >= 11 is 0. The molecule has 0 aromatic heterocycles. The molecule has 0 spiro atoms. The summed E-state index contributed by atoms with van der Waals surface area (Å²) in [5, 5.41) is 9.15. The van der Waals surface area contributed by atoms with E-state index in [1.807, 2.05) is 6.08 Å². The second-order valence-electron chi connectivity index (χ2n) is 5.78. The lowest BCUT2D eigenvalue weighted by atomic mass is 9.72. The first-order valence-electron chi connectivity index (χ1n) is 6.42. The molecule has 0 bridgehead atoms. The van der Waals surface area contributed by atoms with Crippen molar-refractivity contribution in [3.63, 3.8) is 0 Å². The zero-order valence-electron chi connectivity index (χ0n) is 11.4. The lowest BCUT2D eigenvalue weighted by molar-refractivity contribution is -0.116. The second-order valence-corrected chi connectivity index (χ2v) is 5.78. The highest BCUT2D eigenvalue weighted by Gasteiger charge is 2.26. The van der Waals surface area contributed by atoms with Crippen molar-refractivity contribution < 1.29 is 9.90 Å². The van der Waals surface area contributed by atoms with E-state index in [-0.39, 0.29) is 17.6 Å². The van der Waals surface area contributed by atoms with Crippen LogP contribution in [0.15, 0.2) is 23.3 Å². The standard InChI is InChI=1S/C15H24O2/c1-11-6-5-9-15(3,4)14(11)8-7-13(17)10-12(2)16/h7-8,12,16H,5-6,9-10H2,1-4H3/b8-7+. The van der Waals surface area contributed by atoms with E-state index in [0.717, 1.165) is 6.42 Å². The molecule has 1 aliphatic rings. The van der Waals surface area contributed by atoms with Gasteiger partial charge in [0.2, 0.25) is 0 Å². The Morgan fingerprint density at radius 3 is 2.71 bits per heavy atom. The maximum absolute atomic E-state index is 11.5. The number of hydrogen-bond donors (Lipinski definition) is 1. The smallest absolute Gasteiger partial charge is 0.158 e. The highest BCUT2D eigenvalue weighted by Crippen LogP contribution is 2.40. The maximum Gasteiger partial charge on any atom is 0.158 e. The number of rotatable bonds is 4. The molecule has 0 fully saturated rings. The zero-order chi connectivity index (χ0) is 13.1. The number of carbonyl (C=O) groups excluding carboxylic acids is 1. The highest BCUT2D eigenvalue weighted by atomic mass is 16.3. The lowest BCUT2D eigenvalue weighted by Crippen LogP contribution is -2.19. The topological polar surface area (TPSA) is 37.3 Å². The summed E-state index contributed by atoms with van der Waals surface area (Å²) in [6.07, 6.45) is 6.78. The number of carbonyl (C=O) groups is 1. The van der Waals surface area contributed by atoms with Crippen molar-refractivity contribution in [2.24, 2.45) is 5.41 Å². The van der Waals surface area contributed by atoms with Gasteiger partial charge in [0.1, 0.15) is 0 Å². The molecule has 0 saturated carbocycles. The SMILES string of the molecule is CC1=C(/C=C/C(=O)CC(C)O)C(C)(C)CCC1. The van der Waals surface area contributed by atoms with Crippen molar-refractivity contribution in [3.05, 3.63) is 23.3 Å². The van der Waals surface area contributed by atoms with Crippen LogP contribution in [0.5, 0.6) is 0 Å². The first-order chi connectivity index (χ1) is 7.83. The Labute approximate surface area is 104 Å². The fourth-order valence-corrected chi connectivity index (χ4v) is 2.55. The Morgan fingerprint density at radius 2 is 2.18 bits per heavy atom. The third-order valence-electron chi connectivity index (χ3n) is 3.47. The van der Waals surface area contributed by atoms with Crippen molar-refractivity contribution in [2.75, 3.05) is 0 Å². The second kappa shape index (κ2) is 5.63. The minimum atomic E-state index is -0.554. The molecule has 2 heteroatoms. The molecule has 0 radical (unpaired) electrons.